The molecule has 6 nitrogen and oxygen atoms in total. The molecule has 0 saturated heterocycles. The lowest BCUT2D eigenvalue weighted by Crippen LogP contribution is -2.23. The van der Waals surface area contributed by atoms with E-state index in [2.05, 4.69) is 0 Å². The highest BCUT2D eigenvalue weighted by molar-refractivity contribution is 7.52. The fourth-order valence-corrected chi connectivity index (χ4v) is 4.48. The monoisotopic (exact) mass is 509 g/mol. The Morgan fingerprint density at radius 3 is 2.20 bits per heavy atom. The Balaban J connectivity index is 2.85. The number of benzene rings is 1. The molecular formula is C17H18Cl3F3NO5P. The van der Waals surface area contributed by atoms with Gasteiger partial charge in [-0.15, -0.1) is 0 Å². The lowest BCUT2D eigenvalue weighted by Gasteiger charge is -2.22. The fraction of sp³-hybridized carbons (Fsp3) is 0.412. The van der Waals surface area contributed by atoms with E-state index >= 15 is 0 Å². The van der Waals surface area contributed by atoms with E-state index in [9.17, 15) is 22.9 Å². The van der Waals surface area contributed by atoms with Crippen LogP contribution < -0.4 is 0 Å². The van der Waals surface area contributed by atoms with Crippen molar-refractivity contribution in [3.05, 3.63) is 41.0 Å². The Labute approximate surface area is 185 Å². The van der Waals surface area contributed by atoms with E-state index in [0.717, 1.165) is 22.8 Å². The van der Waals surface area contributed by atoms with Crippen LogP contribution in [0.25, 0.3) is 10.9 Å². The van der Waals surface area contributed by atoms with Crippen LogP contribution in [-0.4, -0.2) is 39.2 Å². The second kappa shape index (κ2) is 9.69. The minimum Gasteiger partial charge on any atom is -0.444 e. The quantitative estimate of drug-likeness (QED) is 0.374. The van der Waals surface area contributed by atoms with Crippen LogP contribution in [0.4, 0.5) is 18.0 Å². The largest absolute Gasteiger partial charge is 0.444 e. The summed E-state index contributed by atoms with van der Waals surface area (Å²) in [5.41, 5.74) is -0.906. The molecular weight excluding hydrogens is 493 g/mol. The van der Waals surface area contributed by atoms with Crippen LogP contribution in [-0.2, 0) is 20.0 Å². The van der Waals surface area contributed by atoms with Crippen molar-refractivity contribution in [2.75, 3.05) is 19.8 Å². The molecule has 0 spiro atoms. The molecule has 0 atom stereocenters. The lowest BCUT2D eigenvalue weighted by atomic mass is 10.1. The van der Waals surface area contributed by atoms with Gasteiger partial charge in [0.1, 0.15) is 11.7 Å². The molecule has 13 heteroatoms. The van der Waals surface area contributed by atoms with E-state index in [-0.39, 0.29) is 29.2 Å². The second-order valence-electron chi connectivity index (χ2n) is 5.82. The zero-order valence-electron chi connectivity index (χ0n) is 15.8. The number of fused-ring (bicyclic) bond motifs is 1. The molecule has 0 bridgehead atoms. The van der Waals surface area contributed by atoms with Crippen LogP contribution in [0.2, 0.25) is 0 Å². The SMILES string of the molecule is CCOP(O)(OCC)=c1ccc2cc(C(F)(F)F)ccc2n1C(=O)OCC(Cl)(Cl)Cl. The number of hydrogen-bond donors (Lipinski definition) is 1. The second-order valence-corrected chi connectivity index (χ2v) is 10.4. The van der Waals surface area contributed by atoms with Gasteiger partial charge in [0.25, 0.3) is 7.57 Å². The van der Waals surface area contributed by atoms with Crippen molar-refractivity contribution in [1.82, 2.24) is 4.57 Å². The van der Waals surface area contributed by atoms with E-state index < -0.39 is 35.8 Å². The predicted molar refractivity (Wildman–Crippen MR) is 110 cm³/mol. The molecule has 0 amide bonds. The summed E-state index contributed by atoms with van der Waals surface area (Å²) in [6, 6.07) is 5.26. The summed E-state index contributed by atoms with van der Waals surface area (Å²) in [5.74, 6) is 0. The first kappa shape index (κ1) is 25.3. The van der Waals surface area contributed by atoms with Gasteiger partial charge in [-0.3, -0.25) is 0 Å². The number of carbonyl (C=O) groups is 1. The van der Waals surface area contributed by atoms with E-state index in [4.69, 9.17) is 48.6 Å². The van der Waals surface area contributed by atoms with Gasteiger partial charge >= 0.3 is 12.3 Å². The number of hydrogen-bond acceptors (Lipinski definition) is 5. The van der Waals surface area contributed by atoms with Crippen molar-refractivity contribution in [1.29, 1.82) is 0 Å². The first-order chi connectivity index (χ1) is 13.8. The summed E-state index contributed by atoms with van der Waals surface area (Å²) in [5, 5.41) is -0.0771. The van der Waals surface area contributed by atoms with Crippen molar-refractivity contribution >= 4 is 59.4 Å². The van der Waals surface area contributed by atoms with Crippen molar-refractivity contribution < 1.29 is 36.6 Å². The van der Waals surface area contributed by atoms with Crippen LogP contribution in [0.15, 0.2) is 30.3 Å². The Hall–Kier alpha value is -0.930. The van der Waals surface area contributed by atoms with Gasteiger partial charge in [-0.25, -0.2) is 9.36 Å². The van der Waals surface area contributed by atoms with Crippen LogP contribution in [0.1, 0.15) is 19.4 Å². The maximum atomic E-state index is 13.1. The minimum absolute atomic E-state index is 0.00708. The van der Waals surface area contributed by atoms with Crippen molar-refractivity contribution in [2.24, 2.45) is 0 Å². The van der Waals surface area contributed by atoms with Crippen molar-refractivity contribution in [3.63, 3.8) is 0 Å². The van der Waals surface area contributed by atoms with Gasteiger partial charge < -0.3 is 18.7 Å². The Bertz CT molecular complexity index is 1010. The number of halogens is 6. The van der Waals surface area contributed by atoms with E-state index in [0.29, 0.717) is 0 Å². The molecule has 0 aliphatic rings. The molecule has 1 aromatic carbocycles. The topological polar surface area (TPSA) is 69.9 Å². The summed E-state index contributed by atoms with van der Waals surface area (Å²) in [4.78, 5) is 23.8. The molecule has 168 valence electrons. The molecule has 0 unspecified atom stereocenters. The molecule has 0 aliphatic heterocycles. The molecule has 0 radical (unpaired) electrons. The highest BCUT2D eigenvalue weighted by atomic mass is 35.6. The summed E-state index contributed by atoms with van der Waals surface area (Å²) >= 11 is 16.8. The Morgan fingerprint density at radius 2 is 1.70 bits per heavy atom. The molecule has 1 N–H and O–H groups in total. The number of alkyl halides is 6. The normalized spacial score (nSPS) is 13.0. The molecule has 2 aromatic rings. The van der Waals surface area contributed by atoms with Gasteiger partial charge in [0, 0.05) is 0 Å². The van der Waals surface area contributed by atoms with Gasteiger partial charge in [0.15, 0.2) is 0 Å². The maximum Gasteiger partial charge on any atom is 0.419 e. The summed E-state index contributed by atoms with van der Waals surface area (Å²) in [7, 11) is -3.79. The average molecular weight is 511 g/mol. The fourth-order valence-electron chi connectivity index (χ4n) is 2.57. The van der Waals surface area contributed by atoms with Crippen LogP contribution in [0.3, 0.4) is 0 Å². The third-order valence-electron chi connectivity index (χ3n) is 3.68. The van der Waals surface area contributed by atoms with Gasteiger partial charge in [0.05, 0.1) is 24.3 Å². The van der Waals surface area contributed by atoms with E-state index in [1.165, 1.54) is 12.1 Å². The zero-order valence-corrected chi connectivity index (χ0v) is 18.9. The van der Waals surface area contributed by atoms with E-state index in [1.807, 2.05) is 0 Å². The van der Waals surface area contributed by atoms with Gasteiger partial charge in [-0.2, -0.15) is 13.2 Å². The highest BCUT2D eigenvalue weighted by Crippen LogP contribution is 2.49. The van der Waals surface area contributed by atoms with Crippen molar-refractivity contribution in [3.8, 4) is 0 Å². The molecule has 1 heterocycles. The summed E-state index contributed by atoms with van der Waals surface area (Å²) in [6.07, 6.45) is -5.68. The first-order valence-electron chi connectivity index (χ1n) is 8.53. The van der Waals surface area contributed by atoms with Gasteiger partial charge in [0.2, 0.25) is 3.79 Å². The summed E-state index contributed by atoms with van der Waals surface area (Å²) in [6.45, 7) is 2.65. The molecule has 2 rings (SSSR count). The van der Waals surface area contributed by atoms with Crippen LogP contribution in [0, 0.1) is 5.07 Å². The summed E-state index contributed by atoms with van der Waals surface area (Å²) < 4.78 is 53.9. The number of pyridine rings is 1. The number of ether oxygens (including phenoxy) is 1. The number of aromatic nitrogens is 1. The molecule has 30 heavy (non-hydrogen) atoms. The average Bonchev–Trinajstić information content (AvgIpc) is 2.63. The Morgan fingerprint density at radius 1 is 1.10 bits per heavy atom. The number of rotatable bonds is 5. The predicted octanol–water partition coefficient (Wildman–Crippen LogP) is 6.37. The number of carbonyl (C=O) groups excluding carboxylic acids is 1. The highest BCUT2D eigenvalue weighted by Gasteiger charge is 2.31. The Kier molecular flexibility index (Phi) is 8.18. The third-order valence-corrected chi connectivity index (χ3v) is 6.15. The third kappa shape index (κ3) is 6.07. The molecule has 0 aliphatic carbocycles. The van der Waals surface area contributed by atoms with Gasteiger partial charge in [-0.05, 0) is 43.5 Å². The smallest absolute Gasteiger partial charge is 0.419 e. The lowest BCUT2D eigenvalue weighted by molar-refractivity contribution is -0.137. The molecule has 0 saturated carbocycles. The number of nitrogens with zero attached hydrogens (tertiary/aromatic N) is 1. The van der Waals surface area contributed by atoms with Crippen molar-refractivity contribution in [2.45, 2.75) is 23.8 Å². The zero-order chi connectivity index (χ0) is 22.7. The van der Waals surface area contributed by atoms with E-state index in [1.54, 1.807) is 13.8 Å². The minimum atomic E-state index is -4.59. The maximum absolute atomic E-state index is 13.1. The first-order valence-corrected chi connectivity index (χ1v) is 11.2. The standard InChI is InChI=1S/C17H18Cl3F3NO5P/c1-3-28-30(26,29-4-2)14-8-5-11-9-12(17(21,22)23)6-7-13(11)24(14)15(25)27-10-16(18,19)20/h5-9,26H,3-4,10H2,1-2H3. The van der Waals surface area contributed by atoms with Crippen LogP contribution >= 0.6 is 42.4 Å². The van der Waals surface area contributed by atoms with Crippen LogP contribution in [0.5, 0.6) is 0 Å². The molecule has 0 fully saturated rings. The molecule has 1 aromatic heterocycles. The van der Waals surface area contributed by atoms with Gasteiger partial charge in [-0.1, -0.05) is 40.9 Å².